The minimum absolute atomic E-state index is 0.458. The van der Waals surface area contributed by atoms with Crippen molar-refractivity contribution in [2.45, 2.75) is 6.92 Å². The molecule has 0 aliphatic carbocycles. The topological polar surface area (TPSA) is 60.2 Å². The van der Waals surface area contributed by atoms with E-state index in [4.69, 9.17) is 10.5 Å². The van der Waals surface area contributed by atoms with Gasteiger partial charge in [0.15, 0.2) is 0 Å². The lowest BCUT2D eigenvalue weighted by Gasteiger charge is -2.09. The molecule has 4 nitrogen and oxygen atoms in total. The molecule has 0 atom stereocenters. The van der Waals surface area contributed by atoms with Crippen molar-refractivity contribution in [1.29, 1.82) is 0 Å². The Kier molecular flexibility index (Phi) is 4.04. The number of nitrogens with two attached hydrogens (primary N) is 1. The van der Waals surface area contributed by atoms with E-state index in [-0.39, 0.29) is 0 Å². The van der Waals surface area contributed by atoms with Crippen LogP contribution < -0.4 is 15.8 Å². The Morgan fingerprint density at radius 3 is 2.61 bits per heavy atom. The van der Waals surface area contributed by atoms with Gasteiger partial charge >= 0.3 is 0 Å². The maximum absolute atomic E-state index is 5.77. The Morgan fingerprint density at radius 1 is 1.22 bits per heavy atom. The van der Waals surface area contributed by atoms with E-state index in [1.54, 1.807) is 6.07 Å². The second-order valence-corrected chi connectivity index (χ2v) is 4.57. The van der Waals surface area contributed by atoms with Crippen LogP contribution in [0.2, 0.25) is 0 Å². The molecule has 0 bridgehead atoms. The molecule has 1 aromatic carbocycles. The van der Waals surface area contributed by atoms with E-state index in [1.165, 1.54) is 0 Å². The summed E-state index contributed by atoms with van der Waals surface area (Å²) in [5, 5.41) is 3.19. The summed E-state index contributed by atoms with van der Waals surface area (Å²) in [6, 6.07) is 11.4. The Balaban J connectivity index is 2.18. The van der Waals surface area contributed by atoms with Crippen molar-refractivity contribution >= 4 is 33.1 Å². The van der Waals surface area contributed by atoms with Crippen LogP contribution in [0.15, 0.2) is 40.9 Å². The summed E-state index contributed by atoms with van der Waals surface area (Å²) in [7, 11) is 0. The first-order valence-electron chi connectivity index (χ1n) is 5.61. The van der Waals surface area contributed by atoms with Crippen LogP contribution in [-0.2, 0) is 0 Å². The number of hydrogen-bond donors (Lipinski definition) is 2. The van der Waals surface area contributed by atoms with Crippen LogP contribution >= 0.6 is 15.9 Å². The molecule has 0 radical (unpaired) electrons. The summed E-state index contributed by atoms with van der Waals surface area (Å²) in [5.41, 5.74) is 7.26. The molecular weight excluding hydrogens is 294 g/mol. The molecule has 0 aliphatic heterocycles. The van der Waals surface area contributed by atoms with Gasteiger partial charge in [0.1, 0.15) is 5.82 Å². The molecule has 3 N–H and O–H groups in total. The van der Waals surface area contributed by atoms with Crippen molar-refractivity contribution in [2.75, 3.05) is 17.7 Å². The first-order valence-corrected chi connectivity index (χ1v) is 6.40. The molecule has 0 amide bonds. The van der Waals surface area contributed by atoms with Crippen molar-refractivity contribution in [3.8, 4) is 5.88 Å². The summed E-state index contributed by atoms with van der Waals surface area (Å²) < 4.78 is 6.39. The number of ether oxygens (including phenoxy) is 1. The first kappa shape index (κ1) is 12.7. The minimum Gasteiger partial charge on any atom is -0.476 e. The first-order chi connectivity index (χ1) is 8.69. The van der Waals surface area contributed by atoms with E-state index in [0.29, 0.717) is 24.0 Å². The number of nitrogens with zero attached hydrogens (tertiary/aromatic N) is 1. The zero-order chi connectivity index (χ0) is 13.0. The Bertz CT molecular complexity index is 528. The number of pyridine rings is 1. The molecular formula is C13H14BrN3O. The summed E-state index contributed by atoms with van der Waals surface area (Å²) in [5.74, 6) is 1.16. The molecule has 18 heavy (non-hydrogen) atoms. The van der Waals surface area contributed by atoms with Crippen LogP contribution in [0.3, 0.4) is 0 Å². The predicted octanol–water partition coefficient (Wildman–Crippen LogP) is 3.57. The quantitative estimate of drug-likeness (QED) is 0.906. The maximum Gasteiger partial charge on any atom is 0.239 e. The third-order valence-corrected chi connectivity index (χ3v) is 2.82. The standard InChI is InChI=1S/C13H14BrN3O/c1-2-18-13-11(15)7-8-12(17-13)16-10-5-3-9(14)4-6-10/h3-8H,2,15H2,1H3,(H,16,17). The van der Waals surface area contributed by atoms with Crippen LogP contribution in [0.4, 0.5) is 17.2 Å². The van der Waals surface area contributed by atoms with Gasteiger partial charge in [-0.2, -0.15) is 4.98 Å². The highest BCUT2D eigenvalue weighted by atomic mass is 79.9. The highest BCUT2D eigenvalue weighted by Crippen LogP contribution is 2.23. The van der Waals surface area contributed by atoms with Gasteiger partial charge in [-0.1, -0.05) is 15.9 Å². The zero-order valence-electron chi connectivity index (χ0n) is 9.98. The largest absolute Gasteiger partial charge is 0.476 e. The van der Waals surface area contributed by atoms with E-state index in [9.17, 15) is 0 Å². The fourth-order valence-corrected chi connectivity index (χ4v) is 1.72. The molecule has 2 aromatic rings. The SMILES string of the molecule is CCOc1nc(Nc2ccc(Br)cc2)ccc1N. The van der Waals surface area contributed by atoms with Crippen molar-refractivity contribution in [3.05, 3.63) is 40.9 Å². The van der Waals surface area contributed by atoms with Crippen LogP contribution in [0.1, 0.15) is 6.92 Å². The highest BCUT2D eigenvalue weighted by Gasteiger charge is 2.04. The lowest BCUT2D eigenvalue weighted by Crippen LogP contribution is -2.01. The van der Waals surface area contributed by atoms with Gasteiger partial charge in [0.25, 0.3) is 0 Å². The minimum atomic E-state index is 0.458. The van der Waals surface area contributed by atoms with Gasteiger partial charge in [0.2, 0.25) is 5.88 Å². The third-order valence-electron chi connectivity index (χ3n) is 2.29. The summed E-state index contributed by atoms with van der Waals surface area (Å²) in [6.07, 6.45) is 0. The number of hydrogen-bond acceptors (Lipinski definition) is 4. The number of benzene rings is 1. The average Bonchev–Trinajstić information content (AvgIpc) is 2.37. The monoisotopic (exact) mass is 307 g/mol. The van der Waals surface area contributed by atoms with Crippen LogP contribution in [0.5, 0.6) is 5.88 Å². The maximum atomic E-state index is 5.77. The Morgan fingerprint density at radius 2 is 1.94 bits per heavy atom. The normalized spacial score (nSPS) is 10.1. The average molecular weight is 308 g/mol. The molecule has 0 saturated carbocycles. The number of anilines is 3. The number of nitrogens with one attached hydrogen (secondary N) is 1. The number of nitrogen functional groups attached to an aromatic ring is 1. The smallest absolute Gasteiger partial charge is 0.239 e. The summed E-state index contributed by atoms with van der Waals surface area (Å²) >= 11 is 3.39. The zero-order valence-corrected chi connectivity index (χ0v) is 11.6. The molecule has 5 heteroatoms. The number of halogens is 1. The van der Waals surface area contributed by atoms with Crippen LogP contribution in [0, 0.1) is 0 Å². The fraction of sp³-hybridized carbons (Fsp3) is 0.154. The van der Waals surface area contributed by atoms with Gasteiger partial charge in [-0.15, -0.1) is 0 Å². The van der Waals surface area contributed by atoms with Gasteiger partial charge in [0.05, 0.1) is 12.3 Å². The summed E-state index contributed by atoms with van der Waals surface area (Å²) in [4.78, 5) is 4.31. The second kappa shape index (κ2) is 5.73. The van der Waals surface area contributed by atoms with Crippen LogP contribution in [0.25, 0.3) is 0 Å². The summed E-state index contributed by atoms with van der Waals surface area (Å²) in [6.45, 7) is 2.44. The van der Waals surface area contributed by atoms with Gasteiger partial charge in [0, 0.05) is 10.2 Å². The van der Waals surface area contributed by atoms with Crippen LogP contribution in [-0.4, -0.2) is 11.6 Å². The van der Waals surface area contributed by atoms with Crippen molar-refractivity contribution in [1.82, 2.24) is 4.98 Å². The number of rotatable bonds is 4. The van der Waals surface area contributed by atoms with Gasteiger partial charge in [-0.3, -0.25) is 0 Å². The molecule has 0 spiro atoms. The second-order valence-electron chi connectivity index (χ2n) is 3.66. The van der Waals surface area contributed by atoms with E-state index >= 15 is 0 Å². The molecule has 0 fully saturated rings. The van der Waals surface area contributed by atoms with Crippen molar-refractivity contribution in [3.63, 3.8) is 0 Å². The molecule has 0 aliphatic rings. The van der Waals surface area contributed by atoms with E-state index in [0.717, 1.165) is 10.2 Å². The molecule has 0 saturated heterocycles. The van der Waals surface area contributed by atoms with Gasteiger partial charge in [-0.25, -0.2) is 0 Å². The van der Waals surface area contributed by atoms with Gasteiger partial charge < -0.3 is 15.8 Å². The fourth-order valence-electron chi connectivity index (χ4n) is 1.45. The lowest BCUT2D eigenvalue weighted by atomic mass is 10.3. The van der Waals surface area contributed by atoms with Crippen molar-refractivity contribution in [2.24, 2.45) is 0 Å². The van der Waals surface area contributed by atoms with E-state index < -0.39 is 0 Å². The Hall–Kier alpha value is -1.75. The predicted molar refractivity (Wildman–Crippen MR) is 77.2 cm³/mol. The molecule has 2 rings (SSSR count). The third kappa shape index (κ3) is 3.13. The van der Waals surface area contributed by atoms with Crippen molar-refractivity contribution < 1.29 is 4.74 Å². The Labute approximate surface area is 114 Å². The lowest BCUT2D eigenvalue weighted by molar-refractivity contribution is 0.329. The number of aromatic nitrogens is 1. The molecule has 1 heterocycles. The highest BCUT2D eigenvalue weighted by molar-refractivity contribution is 9.10. The molecule has 1 aromatic heterocycles. The molecule has 94 valence electrons. The molecule has 0 unspecified atom stereocenters. The van der Waals surface area contributed by atoms with E-state index in [2.05, 4.69) is 26.2 Å². The van der Waals surface area contributed by atoms with E-state index in [1.807, 2.05) is 37.3 Å². The van der Waals surface area contributed by atoms with Gasteiger partial charge in [-0.05, 0) is 43.3 Å².